The predicted molar refractivity (Wildman–Crippen MR) is 77.8 cm³/mol. The SMILES string of the molecule is CC(Sc1ncnc2nc[nH]c12)C(=O)c1ccccc1. The quantitative estimate of drug-likeness (QED) is 0.453. The molecule has 0 spiro atoms. The lowest BCUT2D eigenvalue weighted by Gasteiger charge is -2.09. The number of nitrogens with one attached hydrogen (secondary N) is 1. The van der Waals surface area contributed by atoms with Crippen molar-refractivity contribution in [2.24, 2.45) is 0 Å². The fourth-order valence-corrected chi connectivity index (χ4v) is 2.84. The molecule has 0 radical (unpaired) electrons. The van der Waals surface area contributed by atoms with E-state index >= 15 is 0 Å². The van der Waals surface area contributed by atoms with Gasteiger partial charge in [0.25, 0.3) is 0 Å². The van der Waals surface area contributed by atoms with E-state index in [2.05, 4.69) is 19.9 Å². The fourth-order valence-electron chi connectivity index (χ4n) is 1.89. The second-order valence-corrected chi connectivity index (χ2v) is 5.60. The minimum atomic E-state index is -0.223. The normalized spacial score (nSPS) is 12.4. The van der Waals surface area contributed by atoms with E-state index in [1.54, 1.807) is 6.33 Å². The Hall–Kier alpha value is -2.21. The van der Waals surface area contributed by atoms with Gasteiger partial charge in [0.1, 0.15) is 16.9 Å². The monoisotopic (exact) mass is 284 g/mol. The van der Waals surface area contributed by atoms with E-state index in [0.29, 0.717) is 11.2 Å². The van der Waals surface area contributed by atoms with Gasteiger partial charge in [-0.3, -0.25) is 4.79 Å². The van der Waals surface area contributed by atoms with Gasteiger partial charge in [0, 0.05) is 5.56 Å². The fraction of sp³-hybridized carbons (Fsp3) is 0.143. The first-order valence-electron chi connectivity index (χ1n) is 6.15. The van der Waals surface area contributed by atoms with Gasteiger partial charge in [-0.2, -0.15) is 0 Å². The van der Waals surface area contributed by atoms with E-state index in [4.69, 9.17) is 0 Å². The zero-order chi connectivity index (χ0) is 13.9. The molecule has 0 aliphatic rings. The molecule has 3 rings (SSSR count). The number of benzene rings is 1. The third-order valence-electron chi connectivity index (χ3n) is 2.90. The number of fused-ring (bicyclic) bond motifs is 1. The number of H-pyrrole nitrogens is 1. The van der Waals surface area contributed by atoms with Crippen LogP contribution in [0.5, 0.6) is 0 Å². The molecule has 3 aromatic rings. The summed E-state index contributed by atoms with van der Waals surface area (Å²) in [5.74, 6) is 0.0851. The average molecular weight is 284 g/mol. The molecule has 6 heteroatoms. The second kappa shape index (κ2) is 5.42. The molecule has 1 unspecified atom stereocenters. The maximum atomic E-state index is 12.3. The third kappa shape index (κ3) is 2.42. The number of ketones is 1. The smallest absolute Gasteiger partial charge is 0.181 e. The van der Waals surface area contributed by atoms with Crippen LogP contribution in [-0.4, -0.2) is 31.0 Å². The molecule has 2 heterocycles. The van der Waals surface area contributed by atoms with Gasteiger partial charge in [0.2, 0.25) is 0 Å². The molecule has 0 aliphatic carbocycles. The minimum absolute atomic E-state index is 0.0851. The summed E-state index contributed by atoms with van der Waals surface area (Å²) in [6, 6.07) is 9.27. The topological polar surface area (TPSA) is 71.5 Å². The van der Waals surface area contributed by atoms with Crippen molar-refractivity contribution in [1.29, 1.82) is 0 Å². The van der Waals surface area contributed by atoms with Crippen molar-refractivity contribution in [2.75, 3.05) is 0 Å². The molecular weight excluding hydrogens is 272 g/mol. The first-order valence-corrected chi connectivity index (χ1v) is 7.03. The molecular formula is C14H12N4OS. The first kappa shape index (κ1) is 12.8. The molecule has 0 fully saturated rings. The van der Waals surface area contributed by atoms with Crippen molar-refractivity contribution in [1.82, 2.24) is 19.9 Å². The Morgan fingerprint density at radius 1 is 1.20 bits per heavy atom. The number of rotatable bonds is 4. The first-order chi connectivity index (χ1) is 9.75. The van der Waals surface area contributed by atoms with Crippen molar-refractivity contribution in [2.45, 2.75) is 17.2 Å². The highest BCUT2D eigenvalue weighted by molar-refractivity contribution is 8.00. The Kier molecular flexibility index (Phi) is 3.47. The number of carbonyl (C=O) groups is 1. The lowest BCUT2D eigenvalue weighted by Crippen LogP contribution is -2.13. The number of aromatic nitrogens is 4. The van der Waals surface area contributed by atoms with Crippen molar-refractivity contribution >= 4 is 28.7 Å². The van der Waals surface area contributed by atoms with Gasteiger partial charge in [-0.05, 0) is 6.92 Å². The summed E-state index contributed by atoms with van der Waals surface area (Å²) < 4.78 is 0. The van der Waals surface area contributed by atoms with Crippen LogP contribution in [0.2, 0.25) is 0 Å². The van der Waals surface area contributed by atoms with E-state index in [1.165, 1.54) is 18.1 Å². The van der Waals surface area contributed by atoms with Gasteiger partial charge >= 0.3 is 0 Å². The molecule has 100 valence electrons. The molecule has 1 aromatic carbocycles. The van der Waals surface area contributed by atoms with Crippen LogP contribution in [0.3, 0.4) is 0 Å². The number of nitrogens with zero attached hydrogens (tertiary/aromatic N) is 3. The highest BCUT2D eigenvalue weighted by Crippen LogP contribution is 2.27. The summed E-state index contributed by atoms with van der Waals surface area (Å²) in [6.07, 6.45) is 3.04. The Bertz CT molecular complexity index is 741. The standard InChI is InChI=1S/C14H12N4OS/c1-9(12(19)10-5-3-2-4-6-10)20-14-11-13(16-7-15-11)17-8-18-14/h2-9H,1H3,(H,15,16,17,18). The van der Waals surface area contributed by atoms with Crippen LogP contribution in [0.4, 0.5) is 0 Å². The number of carbonyl (C=O) groups excluding carboxylic acids is 1. The highest BCUT2D eigenvalue weighted by atomic mass is 32.2. The van der Waals surface area contributed by atoms with Crippen LogP contribution < -0.4 is 0 Å². The summed E-state index contributed by atoms with van der Waals surface area (Å²) in [6.45, 7) is 1.88. The highest BCUT2D eigenvalue weighted by Gasteiger charge is 2.18. The van der Waals surface area contributed by atoms with Gasteiger partial charge in [-0.1, -0.05) is 42.1 Å². The zero-order valence-electron chi connectivity index (χ0n) is 10.8. The van der Waals surface area contributed by atoms with Gasteiger partial charge in [0.05, 0.1) is 11.6 Å². The molecule has 0 saturated carbocycles. The third-order valence-corrected chi connectivity index (χ3v) is 4.00. The Morgan fingerprint density at radius 3 is 2.80 bits per heavy atom. The van der Waals surface area contributed by atoms with E-state index in [-0.39, 0.29) is 11.0 Å². The van der Waals surface area contributed by atoms with E-state index < -0.39 is 0 Å². The zero-order valence-corrected chi connectivity index (χ0v) is 11.6. The van der Waals surface area contributed by atoms with Crippen LogP contribution in [0.25, 0.3) is 11.2 Å². The molecule has 5 nitrogen and oxygen atoms in total. The summed E-state index contributed by atoms with van der Waals surface area (Å²) in [4.78, 5) is 27.7. The Labute approximate surface area is 119 Å². The molecule has 0 aliphatic heterocycles. The number of hydrogen-bond donors (Lipinski definition) is 1. The molecule has 0 bridgehead atoms. The summed E-state index contributed by atoms with van der Waals surface area (Å²) >= 11 is 1.41. The largest absolute Gasteiger partial charge is 0.341 e. The number of thioether (sulfide) groups is 1. The van der Waals surface area contributed by atoms with Crippen LogP contribution >= 0.6 is 11.8 Å². The number of Topliss-reactive ketones (excluding diaryl/α,β-unsaturated/α-hetero) is 1. The van der Waals surface area contributed by atoms with E-state index in [0.717, 1.165) is 10.5 Å². The van der Waals surface area contributed by atoms with Crippen molar-refractivity contribution in [3.63, 3.8) is 0 Å². The van der Waals surface area contributed by atoms with Crippen LogP contribution in [-0.2, 0) is 0 Å². The predicted octanol–water partition coefficient (Wildman–Crippen LogP) is 2.72. The lowest BCUT2D eigenvalue weighted by atomic mass is 10.1. The molecule has 20 heavy (non-hydrogen) atoms. The van der Waals surface area contributed by atoms with Gasteiger partial charge in [-0.15, -0.1) is 0 Å². The molecule has 0 amide bonds. The van der Waals surface area contributed by atoms with Crippen molar-refractivity contribution < 1.29 is 4.79 Å². The number of aromatic amines is 1. The minimum Gasteiger partial charge on any atom is -0.341 e. The average Bonchev–Trinajstić information content (AvgIpc) is 2.97. The van der Waals surface area contributed by atoms with Crippen LogP contribution in [0, 0.1) is 0 Å². The number of imidazole rings is 1. The Morgan fingerprint density at radius 2 is 2.00 bits per heavy atom. The lowest BCUT2D eigenvalue weighted by molar-refractivity contribution is 0.0994. The van der Waals surface area contributed by atoms with Crippen LogP contribution in [0.1, 0.15) is 17.3 Å². The molecule has 1 N–H and O–H groups in total. The molecule has 0 saturated heterocycles. The summed E-state index contributed by atoms with van der Waals surface area (Å²) in [5, 5.41) is 0.517. The Balaban J connectivity index is 1.84. The summed E-state index contributed by atoms with van der Waals surface area (Å²) in [7, 11) is 0. The van der Waals surface area contributed by atoms with Gasteiger partial charge < -0.3 is 4.98 Å². The number of hydrogen-bond acceptors (Lipinski definition) is 5. The summed E-state index contributed by atoms with van der Waals surface area (Å²) in [5.41, 5.74) is 2.09. The maximum absolute atomic E-state index is 12.3. The van der Waals surface area contributed by atoms with Crippen molar-refractivity contribution in [3.05, 3.63) is 48.5 Å². The van der Waals surface area contributed by atoms with Crippen LogP contribution in [0.15, 0.2) is 48.0 Å². The van der Waals surface area contributed by atoms with Gasteiger partial charge in [-0.25, -0.2) is 15.0 Å². The second-order valence-electron chi connectivity index (χ2n) is 4.27. The van der Waals surface area contributed by atoms with Gasteiger partial charge in [0.15, 0.2) is 11.4 Å². The van der Waals surface area contributed by atoms with Crippen molar-refractivity contribution in [3.8, 4) is 0 Å². The molecule has 1 atom stereocenters. The van der Waals surface area contributed by atoms with E-state index in [9.17, 15) is 4.79 Å². The maximum Gasteiger partial charge on any atom is 0.181 e. The molecule has 2 aromatic heterocycles. The van der Waals surface area contributed by atoms with E-state index in [1.807, 2.05) is 37.3 Å².